The zero-order valence-corrected chi connectivity index (χ0v) is 12.7. The summed E-state index contributed by atoms with van der Waals surface area (Å²) in [4.78, 5) is 9.82. The van der Waals surface area contributed by atoms with E-state index in [0.717, 1.165) is 12.1 Å². The highest BCUT2D eigenvalue weighted by atomic mass is 35.5. The molecule has 0 atom stereocenters. The van der Waals surface area contributed by atoms with Gasteiger partial charge in [-0.05, 0) is 13.0 Å². The number of nitrogens with zero attached hydrogens (tertiary/aromatic N) is 2. The molecule has 1 rings (SSSR count). The highest BCUT2D eigenvalue weighted by Crippen LogP contribution is 2.28. The Balaban J connectivity index is 3.36. The van der Waals surface area contributed by atoms with Gasteiger partial charge in [-0.15, -0.1) is 0 Å². The number of nitro benzene ring substituents is 1. The Morgan fingerprint density at radius 1 is 1.50 bits per heavy atom. The molecule has 1 aromatic carbocycles. The van der Waals surface area contributed by atoms with Gasteiger partial charge in [0.25, 0.3) is 5.69 Å². The molecule has 1 aromatic rings. The van der Waals surface area contributed by atoms with Crippen LogP contribution in [0.5, 0.6) is 0 Å². The van der Waals surface area contributed by atoms with Crippen LogP contribution in [0.2, 0.25) is 5.02 Å². The molecule has 0 aliphatic heterocycles. The highest BCUT2D eigenvalue weighted by molar-refractivity contribution is 7.89. The number of likely N-dealkylation sites (N-methyl/N-ethyl adjacent to an activating group) is 1. The van der Waals surface area contributed by atoms with Gasteiger partial charge in [0.05, 0.1) is 9.95 Å². The van der Waals surface area contributed by atoms with Gasteiger partial charge in [0.15, 0.2) is 0 Å². The van der Waals surface area contributed by atoms with Gasteiger partial charge in [-0.2, -0.15) is 4.31 Å². The maximum atomic E-state index is 12.5. The summed E-state index contributed by atoms with van der Waals surface area (Å²) in [6, 6.07) is 3.34. The van der Waals surface area contributed by atoms with Crippen molar-refractivity contribution in [3.8, 4) is 0 Å². The monoisotopic (exact) mass is 318 g/mol. The Morgan fingerprint density at radius 2 is 2.10 bits per heavy atom. The van der Waals surface area contributed by atoms with Crippen molar-refractivity contribution in [2.45, 2.75) is 18.7 Å². The van der Waals surface area contributed by atoms with Crippen LogP contribution >= 0.6 is 11.6 Å². The van der Waals surface area contributed by atoms with Crippen LogP contribution in [0.25, 0.3) is 0 Å². The zero-order chi connectivity index (χ0) is 15.5. The predicted molar refractivity (Wildman–Crippen MR) is 77.4 cm³/mol. The lowest BCUT2D eigenvalue weighted by Gasteiger charge is -2.21. The standard InChI is InChI=1S/C12H15ClN2O4S/c1-4-14(8-9(2)3)20(18,19)12-7-10(15(16)17)5-6-11(12)13/h5-7H,2,4,8H2,1,3H3. The van der Waals surface area contributed by atoms with E-state index in [-0.39, 0.29) is 28.7 Å². The molecule has 0 spiro atoms. The molecule has 0 heterocycles. The number of hydrogen-bond acceptors (Lipinski definition) is 4. The molecule has 110 valence electrons. The number of non-ortho nitro benzene ring substituents is 1. The first-order chi connectivity index (χ1) is 9.20. The fourth-order valence-corrected chi connectivity index (χ4v) is 3.61. The van der Waals surface area contributed by atoms with Gasteiger partial charge in [-0.1, -0.05) is 30.7 Å². The molecule has 0 aliphatic carbocycles. The van der Waals surface area contributed by atoms with Crippen molar-refractivity contribution in [2.24, 2.45) is 0 Å². The fourth-order valence-electron chi connectivity index (χ4n) is 1.61. The molecule has 0 amide bonds. The second-order valence-corrected chi connectivity index (χ2v) is 6.57. The topological polar surface area (TPSA) is 80.5 Å². The first kappa shape index (κ1) is 16.6. The summed E-state index contributed by atoms with van der Waals surface area (Å²) in [5, 5.41) is 10.7. The summed E-state index contributed by atoms with van der Waals surface area (Å²) >= 11 is 5.87. The van der Waals surface area contributed by atoms with Crippen LogP contribution in [0.15, 0.2) is 35.2 Å². The summed E-state index contributed by atoms with van der Waals surface area (Å²) in [6.07, 6.45) is 0. The molecule has 0 radical (unpaired) electrons. The first-order valence-corrected chi connectivity index (χ1v) is 7.60. The Bertz CT molecular complexity index is 643. The largest absolute Gasteiger partial charge is 0.270 e. The molecular formula is C12H15ClN2O4S. The molecule has 0 aromatic heterocycles. The smallest absolute Gasteiger partial charge is 0.258 e. The summed E-state index contributed by atoms with van der Waals surface area (Å²) in [7, 11) is -3.90. The van der Waals surface area contributed by atoms with E-state index in [0.29, 0.717) is 5.57 Å². The molecule has 0 N–H and O–H groups in total. The maximum absolute atomic E-state index is 12.5. The van der Waals surface area contributed by atoms with Gasteiger partial charge in [0.2, 0.25) is 10.0 Å². The van der Waals surface area contributed by atoms with Gasteiger partial charge < -0.3 is 0 Å². The Kier molecular flexibility index (Phi) is 5.27. The van der Waals surface area contributed by atoms with Crippen LogP contribution in [-0.4, -0.2) is 30.7 Å². The molecule has 8 heteroatoms. The lowest BCUT2D eigenvalue weighted by atomic mass is 10.3. The van der Waals surface area contributed by atoms with Crippen LogP contribution in [0.3, 0.4) is 0 Å². The molecule has 0 bridgehead atoms. The third-order valence-electron chi connectivity index (χ3n) is 2.54. The average molecular weight is 319 g/mol. The molecule has 0 unspecified atom stereocenters. The fraction of sp³-hybridized carbons (Fsp3) is 0.333. The Morgan fingerprint density at radius 3 is 2.55 bits per heavy atom. The number of benzene rings is 1. The number of halogens is 1. The second kappa shape index (κ2) is 6.34. The van der Waals surface area contributed by atoms with Crippen molar-refractivity contribution in [3.63, 3.8) is 0 Å². The number of sulfonamides is 1. The molecule has 0 fully saturated rings. The van der Waals surface area contributed by atoms with Crippen LogP contribution in [0, 0.1) is 10.1 Å². The van der Waals surface area contributed by atoms with Crippen LogP contribution in [0.4, 0.5) is 5.69 Å². The van der Waals surface area contributed by atoms with Gasteiger partial charge in [0.1, 0.15) is 4.90 Å². The van der Waals surface area contributed by atoms with Crippen LogP contribution < -0.4 is 0 Å². The first-order valence-electron chi connectivity index (χ1n) is 5.78. The minimum atomic E-state index is -3.90. The van der Waals surface area contributed by atoms with Crippen molar-refractivity contribution in [3.05, 3.63) is 45.5 Å². The number of hydrogen-bond donors (Lipinski definition) is 0. The van der Waals surface area contributed by atoms with Crippen LogP contribution in [-0.2, 0) is 10.0 Å². The minimum Gasteiger partial charge on any atom is -0.258 e. The van der Waals surface area contributed by atoms with Gasteiger partial charge >= 0.3 is 0 Å². The predicted octanol–water partition coefficient (Wildman–Crippen LogP) is 2.83. The SMILES string of the molecule is C=C(C)CN(CC)S(=O)(=O)c1cc([N+](=O)[O-])ccc1Cl. The Labute approximate surface area is 122 Å². The summed E-state index contributed by atoms with van der Waals surface area (Å²) in [5.74, 6) is 0. The quantitative estimate of drug-likeness (QED) is 0.459. The van der Waals surface area contributed by atoms with Gasteiger partial charge in [-0.3, -0.25) is 10.1 Å². The van der Waals surface area contributed by atoms with E-state index in [1.807, 2.05) is 0 Å². The maximum Gasteiger partial charge on any atom is 0.270 e. The molecule has 20 heavy (non-hydrogen) atoms. The van der Waals surface area contributed by atoms with E-state index in [1.54, 1.807) is 13.8 Å². The summed E-state index contributed by atoms with van der Waals surface area (Å²) < 4.78 is 26.1. The third kappa shape index (κ3) is 3.56. The second-order valence-electron chi connectivity index (χ2n) is 4.26. The van der Waals surface area contributed by atoms with Crippen molar-refractivity contribution in [1.82, 2.24) is 4.31 Å². The summed E-state index contributed by atoms with van der Waals surface area (Å²) in [6.45, 7) is 7.40. The Hall–Kier alpha value is -1.44. The highest BCUT2D eigenvalue weighted by Gasteiger charge is 2.27. The lowest BCUT2D eigenvalue weighted by molar-refractivity contribution is -0.385. The van der Waals surface area contributed by atoms with Gasteiger partial charge in [0, 0.05) is 25.2 Å². The van der Waals surface area contributed by atoms with E-state index in [9.17, 15) is 18.5 Å². The number of nitro groups is 1. The molecular weight excluding hydrogens is 304 g/mol. The van der Waals surface area contributed by atoms with Crippen molar-refractivity contribution in [1.29, 1.82) is 0 Å². The van der Waals surface area contributed by atoms with E-state index in [2.05, 4.69) is 6.58 Å². The summed E-state index contributed by atoms with van der Waals surface area (Å²) in [5.41, 5.74) is 0.344. The molecule has 6 nitrogen and oxygen atoms in total. The molecule has 0 saturated heterocycles. The normalized spacial score (nSPS) is 11.6. The van der Waals surface area contributed by atoms with Crippen molar-refractivity contribution >= 4 is 27.3 Å². The van der Waals surface area contributed by atoms with E-state index >= 15 is 0 Å². The zero-order valence-electron chi connectivity index (χ0n) is 11.2. The third-order valence-corrected chi connectivity index (χ3v) is 4.94. The number of rotatable bonds is 6. The van der Waals surface area contributed by atoms with Crippen molar-refractivity contribution < 1.29 is 13.3 Å². The van der Waals surface area contributed by atoms with E-state index in [4.69, 9.17) is 11.6 Å². The van der Waals surface area contributed by atoms with Crippen LogP contribution in [0.1, 0.15) is 13.8 Å². The van der Waals surface area contributed by atoms with E-state index < -0.39 is 14.9 Å². The molecule has 0 aliphatic rings. The lowest BCUT2D eigenvalue weighted by Crippen LogP contribution is -2.32. The van der Waals surface area contributed by atoms with Crippen molar-refractivity contribution in [2.75, 3.05) is 13.1 Å². The minimum absolute atomic E-state index is 0.0456. The molecule has 0 saturated carbocycles. The average Bonchev–Trinajstić information content (AvgIpc) is 2.35. The van der Waals surface area contributed by atoms with E-state index in [1.165, 1.54) is 10.4 Å². The van der Waals surface area contributed by atoms with Gasteiger partial charge in [-0.25, -0.2) is 8.42 Å².